The monoisotopic (exact) mass is 495 g/mol. The van der Waals surface area contributed by atoms with E-state index in [0.717, 1.165) is 17.3 Å². The van der Waals surface area contributed by atoms with E-state index >= 15 is 0 Å². The fourth-order valence-corrected chi connectivity index (χ4v) is 3.26. The molecule has 0 radical (unpaired) electrons. The number of aromatic amines is 1. The zero-order valence-corrected chi connectivity index (χ0v) is 17.6. The highest BCUT2D eigenvalue weighted by molar-refractivity contribution is 9.10. The van der Waals surface area contributed by atoms with E-state index in [1.807, 2.05) is 0 Å². The summed E-state index contributed by atoms with van der Waals surface area (Å²) >= 11 is 4.04. The first-order chi connectivity index (χ1) is 14.3. The van der Waals surface area contributed by atoms with E-state index in [2.05, 4.69) is 36.5 Å². The Hall–Kier alpha value is -3.12. The van der Waals surface area contributed by atoms with Gasteiger partial charge in [0.1, 0.15) is 5.82 Å². The van der Waals surface area contributed by atoms with Crippen molar-refractivity contribution < 1.29 is 18.4 Å². The fourth-order valence-electron chi connectivity index (χ4n) is 2.26. The zero-order valence-electron chi connectivity index (χ0n) is 15.2. The van der Waals surface area contributed by atoms with E-state index in [-0.39, 0.29) is 46.4 Å². The van der Waals surface area contributed by atoms with Crippen molar-refractivity contribution in [3.05, 3.63) is 68.6 Å². The minimum absolute atomic E-state index is 0.0167. The van der Waals surface area contributed by atoms with Gasteiger partial charge in [-0.25, -0.2) is 9.37 Å². The van der Waals surface area contributed by atoms with Crippen molar-refractivity contribution in [1.82, 2.24) is 15.3 Å². The predicted molar refractivity (Wildman–Crippen MR) is 113 cm³/mol. The molecular weight excluding hydrogens is 481 g/mol. The van der Waals surface area contributed by atoms with Gasteiger partial charge in [-0.2, -0.15) is 0 Å². The summed E-state index contributed by atoms with van der Waals surface area (Å²) in [7, 11) is 0. The molecule has 5 N–H and O–H groups in total. The lowest BCUT2D eigenvalue weighted by Crippen LogP contribution is -2.25. The molecule has 3 rings (SSSR count). The van der Waals surface area contributed by atoms with Gasteiger partial charge >= 0.3 is 0 Å². The van der Waals surface area contributed by atoms with Crippen LogP contribution in [0.2, 0.25) is 0 Å². The summed E-state index contributed by atoms with van der Waals surface area (Å²) in [6.07, 6.45) is 0. The lowest BCUT2D eigenvalue weighted by molar-refractivity contribution is -0.118. The minimum atomic E-state index is -0.671. The topological polar surface area (TPSA) is 143 Å². The Balaban J connectivity index is 1.56. The van der Waals surface area contributed by atoms with Crippen LogP contribution in [0.4, 0.5) is 15.9 Å². The van der Waals surface area contributed by atoms with E-state index in [0.29, 0.717) is 4.67 Å². The number of aromatic nitrogens is 2. The van der Waals surface area contributed by atoms with Crippen molar-refractivity contribution in [3.63, 3.8) is 0 Å². The molecule has 0 unspecified atom stereocenters. The Labute approximate surface area is 181 Å². The fraction of sp³-hybridized carbons (Fsp3) is 0.111. The van der Waals surface area contributed by atoms with Gasteiger partial charge in [0.25, 0.3) is 11.5 Å². The number of carbonyl (C=O) groups is 2. The molecule has 0 aliphatic carbocycles. The van der Waals surface area contributed by atoms with Gasteiger partial charge in [-0.05, 0) is 45.8 Å². The number of nitrogens with two attached hydrogens (primary N) is 1. The van der Waals surface area contributed by atoms with Crippen molar-refractivity contribution >= 4 is 51.0 Å². The van der Waals surface area contributed by atoms with Crippen LogP contribution in [-0.2, 0) is 11.3 Å². The Kier molecular flexibility index (Phi) is 6.90. The van der Waals surface area contributed by atoms with Gasteiger partial charge in [-0.1, -0.05) is 23.9 Å². The van der Waals surface area contributed by atoms with Crippen molar-refractivity contribution in [2.24, 2.45) is 0 Å². The molecule has 0 bridgehead atoms. The number of thioether (sulfide) groups is 1. The number of benzene rings is 1. The molecule has 12 heteroatoms. The van der Waals surface area contributed by atoms with Crippen LogP contribution in [0.3, 0.4) is 0 Å². The molecule has 1 aromatic carbocycles. The third kappa shape index (κ3) is 5.70. The molecule has 0 fully saturated rings. The SMILES string of the molecule is Nc1nc(SCC(=O)NCc2ccc(F)cc2)[nH]c(=O)c1NC(=O)c1ccc(Br)o1. The van der Waals surface area contributed by atoms with Crippen LogP contribution in [0.25, 0.3) is 0 Å². The van der Waals surface area contributed by atoms with Gasteiger partial charge in [-0.15, -0.1) is 0 Å². The number of carbonyl (C=O) groups excluding carboxylic acids is 2. The number of halogens is 2. The zero-order chi connectivity index (χ0) is 21.7. The van der Waals surface area contributed by atoms with Gasteiger partial charge in [0.15, 0.2) is 27.1 Å². The molecule has 0 atom stereocenters. The second-order valence-corrected chi connectivity index (χ2v) is 7.63. The Morgan fingerprint density at radius 3 is 2.60 bits per heavy atom. The average molecular weight is 496 g/mol. The van der Waals surface area contributed by atoms with Crippen molar-refractivity contribution in [2.45, 2.75) is 11.7 Å². The minimum Gasteiger partial charge on any atom is -0.444 e. The first-order valence-corrected chi connectivity index (χ1v) is 10.2. The second kappa shape index (κ2) is 9.59. The third-order valence-corrected chi connectivity index (χ3v) is 5.00. The van der Waals surface area contributed by atoms with Crippen LogP contribution in [-0.4, -0.2) is 27.5 Å². The van der Waals surface area contributed by atoms with E-state index in [4.69, 9.17) is 10.2 Å². The molecule has 156 valence electrons. The van der Waals surface area contributed by atoms with Gasteiger partial charge in [0, 0.05) is 6.54 Å². The van der Waals surface area contributed by atoms with Gasteiger partial charge in [-0.3, -0.25) is 19.4 Å². The van der Waals surface area contributed by atoms with E-state index in [1.165, 1.54) is 24.3 Å². The average Bonchev–Trinajstić information content (AvgIpc) is 3.15. The summed E-state index contributed by atoms with van der Waals surface area (Å²) in [5.74, 6) is -1.59. The molecule has 9 nitrogen and oxygen atoms in total. The van der Waals surface area contributed by atoms with Crippen LogP contribution in [0.15, 0.2) is 55.4 Å². The molecule has 0 spiro atoms. The molecule has 0 aliphatic heterocycles. The standard InChI is InChI=1S/C18H15BrFN5O4S/c19-12-6-5-11(29-12)16(27)23-14-15(21)24-18(25-17(14)28)30-8-13(26)22-7-9-1-3-10(20)4-2-9/h1-6H,7-8H2,(H,22,26)(H,23,27)(H3,21,24,25,28). The maximum Gasteiger partial charge on any atom is 0.291 e. The molecular formula is C18H15BrFN5O4S. The van der Waals surface area contributed by atoms with Crippen molar-refractivity contribution in [2.75, 3.05) is 16.8 Å². The smallest absolute Gasteiger partial charge is 0.291 e. The summed E-state index contributed by atoms with van der Waals surface area (Å²) in [5, 5.41) is 5.13. The third-order valence-electron chi connectivity index (χ3n) is 3.70. The van der Waals surface area contributed by atoms with E-state index < -0.39 is 11.5 Å². The highest BCUT2D eigenvalue weighted by Crippen LogP contribution is 2.19. The first kappa shape index (κ1) is 21.6. The van der Waals surface area contributed by atoms with Crippen LogP contribution in [0, 0.1) is 5.82 Å². The van der Waals surface area contributed by atoms with Gasteiger partial charge in [0.05, 0.1) is 5.75 Å². The lowest BCUT2D eigenvalue weighted by Gasteiger charge is -2.08. The van der Waals surface area contributed by atoms with Crippen LogP contribution in [0.5, 0.6) is 0 Å². The summed E-state index contributed by atoms with van der Waals surface area (Å²) in [6.45, 7) is 0.236. The summed E-state index contributed by atoms with van der Waals surface area (Å²) < 4.78 is 18.3. The van der Waals surface area contributed by atoms with E-state index in [9.17, 15) is 18.8 Å². The molecule has 2 heterocycles. The molecule has 2 aromatic heterocycles. The number of H-pyrrole nitrogens is 1. The summed E-state index contributed by atoms with van der Waals surface area (Å²) in [6, 6.07) is 8.69. The van der Waals surface area contributed by atoms with Gasteiger partial charge < -0.3 is 20.8 Å². The largest absolute Gasteiger partial charge is 0.444 e. The number of nitrogen functional groups attached to an aromatic ring is 1. The molecule has 3 aromatic rings. The Morgan fingerprint density at radius 2 is 1.97 bits per heavy atom. The first-order valence-electron chi connectivity index (χ1n) is 8.42. The van der Waals surface area contributed by atoms with Crippen LogP contribution in [0.1, 0.15) is 16.1 Å². The predicted octanol–water partition coefficient (Wildman–Crippen LogP) is 2.51. The number of nitrogens with zero attached hydrogens (tertiary/aromatic N) is 1. The number of furan rings is 1. The number of anilines is 2. The highest BCUT2D eigenvalue weighted by atomic mass is 79.9. The summed E-state index contributed by atoms with van der Waals surface area (Å²) in [5.41, 5.74) is 5.63. The van der Waals surface area contributed by atoms with E-state index in [1.54, 1.807) is 12.1 Å². The van der Waals surface area contributed by atoms with Crippen LogP contribution < -0.4 is 21.9 Å². The van der Waals surface area contributed by atoms with Crippen molar-refractivity contribution in [3.8, 4) is 0 Å². The number of rotatable bonds is 7. The highest BCUT2D eigenvalue weighted by Gasteiger charge is 2.17. The number of hydrogen-bond acceptors (Lipinski definition) is 7. The summed E-state index contributed by atoms with van der Waals surface area (Å²) in [4.78, 5) is 42.8. The second-order valence-electron chi connectivity index (χ2n) is 5.88. The number of nitrogens with one attached hydrogen (secondary N) is 3. The molecule has 2 amide bonds. The van der Waals surface area contributed by atoms with Crippen molar-refractivity contribution in [1.29, 1.82) is 0 Å². The molecule has 30 heavy (non-hydrogen) atoms. The molecule has 0 aliphatic rings. The lowest BCUT2D eigenvalue weighted by atomic mass is 10.2. The van der Waals surface area contributed by atoms with Crippen LogP contribution >= 0.6 is 27.7 Å². The normalized spacial score (nSPS) is 10.6. The Bertz CT molecular complexity index is 1130. The maximum atomic E-state index is 12.9. The number of amides is 2. The van der Waals surface area contributed by atoms with Gasteiger partial charge in [0.2, 0.25) is 5.91 Å². The maximum absolute atomic E-state index is 12.9. The molecule has 0 saturated heterocycles. The number of hydrogen-bond donors (Lipinski definition) is 4. The Morgan fingerprint density at radius 1 is 1.23 bits per heavy atom. The molecule has 0 saturated carbocycles. The quantitative estimate of drug-likeness (QED) is 0.291.